The molecule has 0 aliphatic carbocycles. The van der Waals surface area contributed by atoms with E-state index in [9.17, 15) is 0 Å². The summed E-state index contributed by atoms with van der Waals surface area (Å²) in [7, 11) is 0. The molecule has 56 heavy (non-hydrogen) atoms. The highest BCUT2D eigenvalue weighted by atomic mass is 16.3. The number of furan rings is 2. The second kappa shape index (κ2) is 13.0. The SMILES string of the molecule is c1ccc(-c2cccc(-c3nc(-c4cccc(-c5ccccc5)c4)nc(-c4cccc(-c5cccc6oc7cc8oc9ccccc9c8cc7c56)c4)n3)c2)cc1. The minimum absolute atomic E-state index is 0.595. The van der Waals surface area contributed by atoms with Crippen LogP contribution in [0.2, 0.25) is 0 Å². The van der Waals surface area contributed by atoms with Crippen molar-refractivity contribution >= 4 is 43.9 Å². The molecule has 0 atom stereocenters. The Morgan fingerprint density at radius 2 is 0.714 bits per heavy atom. The summed E-state index contributed by atoms with van der Waals surface area (Å²) >= 11 is 0. The molecule has 0 radical (unpaired) electrons. The highest BCUT2D eigenvalue weighted by Crippen LogP contribution is 2.41. The summed E-state index contributed by atoms with van der Waals surface area (Å²) < 4.78 is 12.7. The van der Waals surface area contributed by atoms with Gasteiger partial charge in [-0.25, -0.2) is 15.0 Å². The fourth-order valence-electron chi connectivity index (χ4n) is 7.81. The van der Waals surface area contributed by atoms with E-state index in [2.05, 4.69) is 140 Å². The van der Waals surface area contributed by atoms with Gasteiger partial charge < -0.3 is 8.83 Å². The summed E-state index contributed by atoms with van der Waals surface area (Å²) in [5.74, 6) is 1.81. The second-order valence-electron chi connectivity index (χ2n) is 14.0. The summed E-state index contributed by atoms with van der Waals surface area (Å²) in [5.41, 5.74) is 12.6. The van der Waals surface area contributed by atoms with Crippen molar-refractivity contribution in [1.82, 2.24) is 15.0 Å². The molecule has 5 heteroatoms. The Bertz CT molecular complexity index is 3150. The van der Waals surface area contributed by atoms with Crippen LogP contribution >= 0.6 is 0 Å². The molecule has 0 unspecified atom stereocenters. The van der Waals surface area contributed by atoms with E-state index in [1.807, 2.05) is 48.5 Å². The van der Waals surface area contributed by atoms with Crippen LogP contribution < -0.4 is 0 Å². The molecule has 262 valence electrons. The topological polar surface area (TPSA) is 65.0 Å². The van der Waals surface area contributed by atoms with Crippen LogP contribution in [-0.2, 0) is 0 Å². The first-order valence-electron chi connectivity index (χ1n) is 18.7. The number of benzene rings is 8. The van der Waals surface area contributed by atoms with Crippen molar-refractivity contribution in [1.29, 1.82) is 0 Å². The van der Waals surface area contributed by atoms with E-state index in [0.29, 0.717) is 17.5 Å². The van der Waals surface area contributed by atoms with Crippen LogP contribution in [0.4, 0.5) is 0 Å². The maximum Gasteiger partial charge on any atom is 0.164 e. The maximum atomic E-state index is 6.45. The normalized spacial score (nSPS) is 11.6. The molecular weight excluding hydrogens is 687 g/mol. The molecule has 0 spiro atoms. The van der Waals surface area contributed by atoms with Crippen LogP contribution in [0.25, 0.3) is 111 Å². The summed E-state index contributed by atoms with van der Waals surface area (Å²) in [5, 5.41) is 4.25. The Balaban J connectivity index is 1.07. The largest absolute Gasteiger partial charge is 0.456 e. The first kappa shape index (κ1) is 31.9. The van der Waals surface area contributed by atoms with Crippen LogP contribution in [0.1, 0.15) is 0 Å². The Kier molecular flexibility index (Phi) is 7.42. The zero-order valence-corrected chi connectivity index (χ0v) is 30.1. The second-order valence-corrected chi connectivity index (χ2v) is 14.0. The van der Waals surface area contributed by atoms with Crippen LogP contribution in [0.5, 0.6) is 0 Å². The van der Waals surface area contributed by atoms with E-state index in [-0.39, 0.29) is 0 Å². The molecule has 11 rings (SSSR count). The number of hydrogen-bond acceptors (Lipinski definition) is 5. The fourth-order valence-corrected chi connectivity index (χ4v) is 7.81. The van der Waals surface area contributed by atoms with Gasteiger partial charge >= 0.3 is 0 Å². The van der Waals surface area contributed by atoms with Crippen molar-refractivity contribution in [3.8, 4) is 67.5 Å². The lowest BCUT2D eigenvalue weighted by Crippen LogP contribution is -2.00. The zero-order valence-electron chi connectivity index (χ0n) is 30.1. The number of hydrogen-bond donors (Lipinski definition) is 0. The van der Waals surface area contributed by atoms with Crippen molar-refractivity contribution in [2.75, 3.05) is 0 Å². The third-order valence-electron chi connectivity index (χ3n) is 10.5. The molecule has 0 aliphatic rings. The van der Waals surface area contributed by atoms with Gasteiger partial charge in [0, 0.05) is 44.3 Å². The van der Waals surface area contributed by atoms with Crippen molar-refractivity contribution in [2.24, 2.45) is 0 Å². The molecule has 0 fully saturated rings. The van der Waals surface area contributed by atoms with Gasteiger partial charge in [0.2, 0.25) is 0 Å². The summed E-state index contributed by atoms with van der Waals surface area (Å²) in [6.45, 7) is 0. The van der Waals surface area contributed by atoms with Crippen molar-refractivity contribution in [3.63, 3.8) is 0 Å². The molecule has 0 saturated heterocycles. The summed E-state index contributed by atoms with van der Waals surface area (Å²) in [6.07, 6.45) is 0. The van der Waals surface area contributed by atoms with Gasteiger partial charge in [0.05, 0.1) is 0 Å². The summed E-state index contributed by atoms with van der Waals surface area (Å²) in [4.78, 5) is 15.4. The van der Waals surface area contributed by atoms with Crippen LogP contribution in [0.3, 0.4) is 0 Å². The van der Waals surface area contributed by atoms with Gasteiger partial charge in [0.25, 0.3) is 0 Å². The average molecular weight is 718 g/mol. The lowest BCUT2D eigenvalue weighted by atomic mass is 9.97. The molecule has 8 aromatic carbocycles. The molecule has 0 N–H and O–H groups in total. The Morgan fingerprint density at radius 3 is 1.34 bits per heavy atom. The number of para-hydroxylation sites is 1. The number of fused-ring (bicyclic) bond motifs is 6. The van der Waals surface area contributed by atoms with Gasteiger partial charge in [-0.15, -0.1) is 0 Å². The predicted molar refractivity (Wildman–Crippen MR) is 227 cm³/mol. The van der Waals surface area contributed by atoms with E-state index in [1.54, 1.807) is 0 Å². The minimum Gasteiger partial charge on any atom is -0.456 e. The summed E-state index contributed by atoms with van der Waals surface area (Å²) in [6, 6.07) is 64.6. The van der Waals surface area contributed by atoms with E-state index in [1.165, 1.54) is 0 Å². The standard InChI is InChI=1S/C51H31N3O2/c1-3-13-32(14-4-1)34-17-9-20-37(27-34)49-52-50(38-21-10-18-35(28-38)33-15-5-2-6-16-33)54-51(53-49)39-22-11-19-36(29-39)40-24-12-26-45-48(40)43-30-42-41-23-7-8-25-44(41)55-46(42)31-47(43)56-45/h1-31H. The molecule has 0 amide bonds. The zero-order chi connectivity index (χ0) is 37.0. The highest BCUT2D eigenvalue weighted by molar-refractivity contribution is 6.18. The third-order valence-corrected chi connectivity index (χ3v) is 10.5. The van der Waals surface area contributed by atoms with Crippen molar-refractivity contribution in [2.45, 2.75) is 0 Å². The van der Waals surface area contributed by atoms with E-state index < -0.39 is 0 Å². The van der Waals surface area contributed by atoms with Gasteiger partial charge in [-0.05, 0) is 69.8 Å². The minimum atomic E-state index is 0.595. The molecule has 11 aromatic rings. The van der Waals surface area contributed by atoms with Crippen LogP contribution in [-0.4, -0.2) is 15.0 Å². The molecule has 0 saturated carbocycles. The van der Waals surface area contributed by atoms with Gasteiger partial charge in [0.15, 0.2) is 17.5 Å². The van der Waals surface area contributed by atoms with Gasteiger partial charge in [-0.2, -0.15) is 0 Å². The molecular formula is C51H31N3O2. The lowest BCUT2D eigenvalue weighted by molar-refractivity contribution is 0.656. The number of aromatic nitrogens is 3. The van der Waals surface area contributed by atoms with Gasteiger partial charge in [-0.3, -0.25) is 0 Å². The first-order chi connectivity index (χ1) is 27.7. The maximum absolute atomic E-state index is 6.45. The van der Waals surface area contributed by atoms with Gasteiger partial charge in [-0.1, -0.05) is 146 Å². The lowest BCUT2D eigenvalue weighted by Gasteiger charge is -2.11. The monoisotopic (exact) mass is 717 g/mol. The highest BCUT2D eigenvalue weighted by Gasteiger charge is 2.18. The Morgan fingerprint density at radius 1 is 0.268 bits per heavy atom. The number of rotatable bonds is 6. The molecule has 0 aliphatic heterocycles. The number of nitrogens with zero attached hydrogens (tertiary/aromatic N) is 3. The Hall–Kier alpha value is -7.63. The fraction of sp³-hybridized carbons (Fsp3) is 0. The molecule has 3 heterocycles. The quantitative estimate of drug-likeness (QED) is 0.171. The van der Waals surface area contributed by atoms with E-state index in [0.717, 1.165) is 93.9 Å². The smallest absolute Gasteiger partial charge is 0.164 e. The predicted octanol–water partition coefficient (Wildman–Crippen LogP) is 13.7. The van der Waals surface area contributed by atoms with Gasteiger partial charge in [0.1, 0.15) is 22.3 Å². The van der Waals surface area contributed by atoms with E-state index >= 15 is 0 Å². The van der Waals surface area contributed by atoms with Crippen molar-refractivity contribution in [3.05, 3.63) is 188 Å². The van der Waals surface area contributed by atoms with E-state index in [4.69, 9.17) is 23.8 Å². The molecule has 0 bridgehead atoms. The molecule has 3 aromatic heterocycles. The van der Waals surface area contributed by atoms with Crippen LogP contribution in [0, 0.1) is 0 Å². The molecule has 5 nitrogen and oxygen atoms in total. The average Bonchev–Trinajstić information content (AvgIpc) is 3.83. The Labute approximate surface area is 322 Å². The third kappa shape index (κ3) is 5.53. The first-order valence-corrected chi connectivity index (χ1v) is 18.7. The van der Waals surface area contributed by atoms with Crippen LogP contribution in [0.15, 0.2) is 197 Å². The van der Waals surface area contributed by atoms with Crippen molar-refractivity contribution < 1.29 is 8.83 Å².